The molecule has 1 aromatic rings. The van der Waals surface area contributed by atoms with Crippen molar-refractivity contribution in [2.24, 2.45) is 0 Å². The minimum Gasteiger partial charge on any atom is -0.744 e. The van der Waals surface area contributed by atoms with Crippen LogP contribution in [0, 0.1) is 0 Å². The van der Waals surface area contributed by atoms with E-state index in [9.17, 15) is 22.6 Å². The van der Waals surface area contributed by atoms with E-state index in [0.717, 1.165) is 50.7 Å². The molecule has 0 N–H and O–H groups in total. The molecule has 0 atom stereocenters. The van der Waals surface area contributed by atoms with Crippen molar-refractivity contribution in [3.63, 3.8) is 0 Å². The SMILES string of the molecule is CCCCCCC/C=C/CCCCCCCCCCCCCCOC(=O)c1ccc(S(=O)(=O)[O-])cc1C(=O)OCCCCCCCCCCCCCC/C=C/CCCCCCC.[Na+]. The first-order valence-corrected chi connectivity index (χ1v) is 27.5. The summed E-state index contributed by atoms with van der Waals surface area (Å²) in [7, 11) is -4.82. The summed E-state index contributed by atoms with van der Waals surface area (Å²) in [6, 6.07) is 3.16. The molecular weight excluding hydrogens is 816 g/mol. The summed E-state index contributed by atoms with van der Waals surface area (Å²) in [5.74, 6) is -1.54. The van der Waals surface area contributed by atoms with Crippen LogP contribution in [0.5, 0.6) is 0 Å². The van der Waals surface area contributed by atoms with Crippen molar-refractivity contribution in [1.82, 2.24) is 0 Å². The summed E-state index contributed by atoms with van der Waals surface area (Å²) in [6.45, 7) is 4.90. The first-order chi connectivity index (χ1) is 30.3. The molecule has 9 heteroatoms. The number of unbranched alkanes of at least 4 members (excludes halogenated alkanes) is 34. The molecule has 0 fully saturated rings. The Morgan fingerprint density at radius 1 is 0.429 bits per heavy atom. The molecule has 0 aliphatic heterocycles. The second kappa shape index (κ2) is 45.7. The van der Waals surface area contributed by atoms with Crippen molar-refractivity contribution in [3.8, 4) is 0 Å². The fraction of sp³-hybridized carbons (Fsp3) is 0.778. The monoisotopic (exact) mass is 909 g/mol. The zero-order valence-electron chi connectivity index (χ0n) is 41.1. The molecule has 1 rings (SSSR count). The Morgan fingerprint density at radius 3 is 1.00 bits per heavy atom. The van der Waals surface area contributed by atoms with E-state index in [4.69, 9.17) is 9.47 Å². The normalized spacial score (nSPS) is 11.7. The molecule has 0 heterocycles. The number of hydrogen-bond donors (Lipinski definition) is 0. The number of allylic oxidation sites excluding steroid dienone is 4. The second-order valence-electron chi connectivity index (χ2n) is 17.8. The van der Waals surface area contributed by atoms with Gasteiger partial charge in [0.05, 0.1) is 29.2 Å². The largest absolute Gasteiger partial charge is 1.00 e. The molecule has 0 bridgehead atoms. The molecule has 7 nitrogen and oxygen atoms in total. The zero-order valence-corrected chi connectivity index (χ0v) is 43.9. The van der Waals surface area contributed by atoms with Crippen LogP contribution in [0.3, 0.4) is 0 Å². The Labute approximate surface area is 410 Å². The summed E-state index contributed by atoms with van der Waals surface area (Å²) >= 11 is 0. The van der Waals surface area contributed by atoms with Gasteiger partial charge in [-0.05, 0) is 82.4 Å². The van der Waals surface area contributed by atoms with Gasteiger partial charge in [-0.25, -0.2) is 18.0 Å². The maximum Gasteiger partial charge on any atom is 1.00 e. The number of esters is 2. The molecule has 0 saturated heterocycles. The third kappa shape index (κ3) is 38.4. The van der Waals surface area contributed by atoms with Crippen LogP contribution in [0.1, 0.15) is 279 Å². The van der Waals surface area contributed by atoms with Gasteiger partial charge < -0.3 is 14.0 Å². The van der Waals surface area contributed by atoms with Crippen molar-refractivity contribution in [3.05, 3.63) is 53.6 Å². The Bertz CT molecular complexity index is 1380. The molecular formula is C54H93NaO7S. The van der Waals surface area contributed by atoms with Gasteiger partial charge in [-0.1, -0.05) is 218 Å². The van der Waals surface area contributed by atoms with E-state index in [0.29, 0.717) is 12.8 Å². The van der Waals surface area contributed by atoms with Gasteiger partial charge in [0.25, 0.3) is 0 Å². The van der Waals surface area contributed by atoms with Gasteiger partial charge in [-0.3, -0.25) is 0 Å². The van der Waals surface area contributed by atoms with Crippen LogP contribution in [0.2, 0.25) is 0 Å². The number of ether oxygens (including phenoxy) is 2. The molecule has 0 amide bonds. The standard InChI is InChI=1S/C54H94O7S.Na/c1-3-5-7-9-11-13-15-17-19-21-23-25-27-29-31-33-35-37-39-41-43-47-60-53(55)51-46-45-50(62(57,58)59)49-52(51)54(56)61-48-44-42-40-38-36-34-32-30-28-26-24-22-20-18-16-14-12-10-8-6-4-2;/h15-18,45-46,49H,3-14,19-44,47-48H2,1-2H3,(H,57,58,59);/q;+1/p-1/b17-15+,18-16+;. The Morgan fingerprint density at radius 2 is 0.698 bits per heavy atom. The number of benzene rings is 1. The molecule has 0 aromatic heterocycles. The van der Waals surface area contributed by atoms with Gasteiger partial charge in [0.1, 0.15) is 10.1 Å². The van der Waals surface area contributed by atoms with Gasteiger partial charge in [0.2, 0.25) is 0 Å². The Balaban J connectivity index is 0.0000384. The number of rotatable bonds is 45. The molecule has 0 aliphatic carbocycles. The summed E-state index contributed by atoms with van der Waals surface area (Å²) in [5.41, 5.74) is -0.332. The summed E-state index contributed by atoms with van der Waals surface area (Å²) in [6.07, 6.45) is 56.5. The van der Waals surface area contributed by atoms with Crippen LogP contribution in [0.15, 0.2) is 47.4 Å². The third-order valence-corrected chi connectivity index (χ3v) is 12.8. The van der Waals surface area contributed by atoms with Crippen LogP contribution in [-0.4, -0.2) is 38.1 Å². The van der Waals surface area contributed by atoms with E-state index in [1.54, 1.807) is 0 Å². The Hall–Kier alpha value is -1.45. The van der Waals surface area contributed by atoms with Crippen molar-refractivity contribution < 1.29 is 61.6 Å². The van der Waals surface area contributed by atoms with Gasteiger partial charge >= 0.3 is 41.5 Å². The number of carbonyl (C=O) groups excluding carboxylic acids is 2. The number of carbonyl (C=O) groups is 2. The summed E-state index contributed by atoms with van der Waals surface area (Å²) in [5, 5.41) is 0. The molecule has 0 unspecified atom stereocenters. The van der Waals surface area contributed by atoms with Gasteiger partial charge in [0, 0.05) is 0 Å². The van der Waals surface area contributed by atoms with Crippen molar-refractivity contribution >= 4 is 22.1 Å². The predicted molar refractivity (Wildman–Crippen MR) is 260 cm³/mol. The van der Waals surface area contributed by atoms with Gasteiger partial charge in [-0.2, -0.15) is 0 Å². The van der Waals surface area contributed by atoms with Crippen molar-refractivity contribution in [2.45, 2.75) is 263 Å². The van der Waals surface area contributed by atoms with Crippen LogP contribution < -0.4 is 29.6 Å². The van der Waals surface area contributed by atoms with Crippen LogP contribution >= 0.6 is 0 Å². The first-order valence-electron chi connectivity index (χ1n) is 26.0. The van der Waals surface area contributed by atoms with Crippen molar-refractivity contribution in [2.75, 3.05) is 13.2 Å². The molecule has 0 saturated carbocycles. The van der Waals surface area contributed by atoms with E-state index >= 15 is 0 Å². The second-order valence-corrected chi connectivity index (χ2v) is 19.2. The van der Waals surface area contributed by atoms with E-state index in [-0.39, 0.29) is 53.9 Å². The Kier molecular flexibility index (Phi) is 44.6. The third-order valence-electron chi connectivity index (χ3n) is 12.0. The topological polar surface area (TPSA) is 110 Å². The quantitative estimate of drug-likeness (QED) is 0.0211. The fourth-order valence-electron chi connectivity index (χ4n) is 7.98. The predicted octanol–water partition coefficient (Wildman–Crippen LogP) is 13.9. The zero-order chi connectivity index (χ0) is 45.0. The maximum absolute atomic E-state index is 13.0. The molecule has 1 aromatic carbocycles. The summed E-state index contributed by atoms with van der Waals surface area (Å²) in [4.78, 5) is 25.4. The molecule has 358 valence electrons. The molecule has 0 aliphatic rings. The first kappa shape index (κ1) is 61.5. The molecule has 0 spiro atoms. The average Bonchev–Trinajstić information content (AvgIpc) is 3.26. The van der Waals surface area contributed by atoms with Gasteiger partial charge in [-0.15, -0.1) is 0 Å². The number of hydrogen-bond acceptors (Lipinski definition) is 7. The van der Waals surface area contributed by atoms with E-state index in [1.165, 1.54) is 199 Å². The van der Waals surface area contributed by atoms with Gasteiger partial charge in [0.15, 0.2) is 0 Å². The van der Waals surface area contributed by atoms with Crippen LogP contribution in [0.4, 0.5) is 0 Å². The van der Waals surface area contributed by atoms with E-state index in [2.05, 4.69) is 38.2 Å². The minimum absolute atomic E-state index is 0. The van der Waals surface area contributed by atoms with Crippen LogP contribution in [-0.2, 0) is 19.6 Å². The van der Waals surface area contributed by atoms with Crippen LogP contribution in [0.25, 0.3) is 0 Å². The van der Waals surface area contributed by atoms with Crippen molar-refractivity contribution in [1.29, 1.82) is 0 Å². The maximum atomic E-state index is 13.0. The molecule has 63 heavy (non-hydrogen) atoms. The fourth-order valence-corrected chi connectivity index (χ4v) is 8.47. The minimum atomic E-state index is -4.82. The average molecular weight is 909 g/mol. The smallest absolute Gasteiger partial charge is 0.744 e. The summed E-state index contributed by atoms with van der Waals surface area (Å²) < 4.78 is 46.0. The van der Waals surface area contributed by atoms with E-state index in [1.807, 2.05) is 0 Å². The molecule has 0 radical (unpaired) electrons. The van der Waals surface area contributed by atoms with E-state index < -0.39 is 27.0 Å².